The second kappa shape index (κ2) is 8.44. The van der Waals surface area contributed by atoms with Gasteiger partial charge in [-0.05, 0) is 24.3 Å². The zero-order valence-corrected chi connectivity index (χ0v) is 13.8. The molecule has 5 nitrogen and oxygen atoms in total. The minimum absolute atomic E-state index is 0.595. The van der Waals surface area contributed by atoms with Gasteiger partial charge in [0.15, 0.2) is 0 Å². The third kappa shape index (κ3) is 4.54. The Hall–Kier alpha value is -2.42. The van der Waals surface area contributed by atoms with E-state index >= 15 is 0 Å². The van der Waals surface area contributed by atoms with Crippen molar-refractivity contribution in [3.8, 4) is 11.8 Å². The van der Waals surface area contributed by atoms with Gasteiger partial charge in [0, 0.05) is 45.5 Å². The molecule has 2 heterocycles. The van der Waals surface area contributed by atoms with Gasteiger partial charge >= 0.3 is 0 Å². The van der Waals surface area contributed by atoms with Gasteiger partial charge in [0.05, 0.1) is 11.3 Å². The number of hydrogen-bond acceptors (Lipinski definition) is 5. The Morgan fingerprint density at radius 2 is 1.75 bits per heavy atom. The van der Waals surface area contributed by atoms with Crippen molar-refractivity contribution in [3.63, 3.8) is 0 Å². The van der Waals surface area contributed by atoms with Crippen LogP contribution in [0.2, 0.25) is 0 Å². The van der Waals surface area contributed by atoms with Gasteiger partial charge in [-0.3, -0.25) is 14.8 Å². The predicted octanol–water partition coefficient (Wildman–Crippen LogP) is 2.15. The Morgan fingerprint density at radius 1 is 1.00 bits per heavy atom. The molecule has 0 N–H and O–H groups in total. The molecular weight excluding hydrogens is 300 g/mol. The smallest absolute Gasteiger partial charge is 0.137 e. The second-order valence-electron chi connectivity index (χ2n) is 5.90. The molecule has 0 aliphatic carbocycles. The lowest BCUT2D eigenvalue weighted by molar-refractivity contribution is 0.111. The topological polar surface area (TPSA) is 52.4 Å². The van der Waals surface area contributed by atoms with E-state index in [9.17, 15) is 0 Å². The Morgan fingerprint density at radius 3 is 2.50 bits per heavy atom. The summed E-state index contributed by atoms with van der Waals surface area (Å²) in [5, 5.41) is 9.07. The molecule has 3 rings (SSSR count). The number of rotatable bonds is 6. The van der Waals surface area contributed by atoms with Crippen LogP contribution in [0.4, 0.5) is 0 Å². The summed E-state index contributed by atoms with van der Waals surface area (Å²) in [4.78, 5) is 9.23. The molecule has 1 saturated heterocycles. The molecule has 0 bridgehead atoms. The number of hydrogen-bond donors (Lipinski definition) is 0. The Kier molecular flexibility index (Phi) is 5.78. The van der Waals surface area contributed by atoms with E-state index in [4.69, 9.17) is 10.00 Å². The molecule has 24 heavy (non-hydrogen) atoms. The molecule has 1 fully saturated rings. The van der Waals surface area contributed by atoms with E-state index in [1.165, 1.54) is 0 Å². The van der Waals surface area contributed by atoms with E-state index in [2.05, 4.69) is 26.9 Å². The summed E-state index contributed by atoms with van der Waals surface area (Å²) in [6.07, 6.45) is 1.85. The third-order valence-corrected chi connectivity index (χ3v) is 4.25. The summed E-state index contributed by atoms with van der Waals surface area (Å²) in [5.74, 6) is 0.675. The number of piperazine rings is 1. The molecule has 1 aliphatic heterocycles. The number of nitrogens with zero attached hydrogens (tertiary/aromatic N) is 4. The third-order valence-electron chi connectivity index (χ3n) is 4.25. The quantitative estimate of drug-likeness (QED) is 0.816. The molecule has 5 heteroatoms. The summed E-state index contributed by atoms with van der Waals surface area (Å²) in [5.41, 5.74) is 1.72. The van der Waals surface area contributed by atoms with Gasteiger partial charge in [0.25, 0.3) is 0 Å². The maximum atomic E-state index is 9.07. The lowest BCUT2D eigenvalue weighted by atomic mass is 10.2. The van der Waals surface area contributed by atoms with Crippen LogP contribution in [0.3, 0.4) is 0 Å². The Balaban J connectivity index is 1.39. The van der Waals surface area contributed by atoms with E-state index in [1.807, 2.05) is 36.5 Å². The van der Waals surface area contributed by atoms with Crippen molar-refractivity contribution >= 4 is 0 Å². The van der Waals surface area contributed by atoms with Gasteiger partial charge in [0.2, 0.25) is 0 Å². The van der Waals surface area contributed by atoms with Crippen LogP contribution in [0.15, 0.2) is 48.7 Å². The fourth-order valence-corrected chi connectivity index (χ4v) is 2.86. The maximum absolute atomic E-state index is 9.07. The van der Waals surface area contributed by atoms with Crippen molar-refractivity contribution in [2.75, 3.05) is 39.3 Å². The highest BCUT2D eigenvalue weighted by molar-refractivity contribution is 5.42. The molecule has 1 aromatic carbocycles. The molecule has 0 radical (unpaired) electrons. The Labute approximate surface area is 143 Å². The van der Waals surface area contributed by atoms with Crippen molar-refractivity contribution < 1.29 is 4.74 Å². The average molecular weight is 322 g/mol. The molecule has 0 amide bonds. The number of nitriles is 1. The lowest BCUT2D eigenvalue weighted by Crippen LogP contribution is -2.47. The first-order valence-corrected chi connectivity index (χ1v) is 8.32. The van der Waals surface area contributed by atoms with Crippen LogP contribution in [0, 0.1) is 11.3 Å². The molecule has 124 valence electrons. The van der Waals surface area contributed by atoms with Crippen LogP contribution >= 0.6 is 0 Å². The van der Waals surface area contributed by atoms with Crippen molar-refractivity contribution in [3.05, 3.63) is 59.9 Å². The van der Waals surface area contributed by atoms with Crippen molar-refractivity contribution in [2.45, 2.75) is 6.54 Å². The summed E-state index contributed by atoms with van der Waals surface area (Å²) in [7, 11) is 0. The molecule has 0 spiro atoms. The van der Waals surface area contributed by atoms with E-state index in [0.717, 1.165) is 45.0 Å². The van der Waals surface area contributed by atoms with Crippen LogP contribution in [-0.4, -0.2) is 54.1 Å². The molecule has 1 aromatic heterocycles. The number of pyridine rings is 1. The molecule has 2 aromatic rings. The fourth-order valence-electron chi connectivity index (χ4n) is 2.86. The summed E-state index contributed by atoms with van der Waals surface area (Å²) < 4.78 is 5.77. The molecule has 0 atom stereocenters. The van der Waals surface area contributed by atoms with E-state index in [0.29, 0.717) is 17.9 Å². The minimum atomic E-state index is 0.595. The summed E-state index contributed by atoms with van der Waals surface area (Å²) in [6.45, 7) is 6.58. The number of para-hydroxylation sites is 1. The van der Waals surface area contributed by atoms with E-state index in [1.54, 1.807) is 6.07 Å². The first-order chi connectivity index (χ1) is 11.8. The number of ether oxygens (including phenoxy) is 1. The maximum Gasteiger partial charge on any atom is 0.137 e. The largest absolute Gasteiger partial charge is 0.491 e. The van der Waals surface area contributed by atoms with Crippen LogP contribution in [0.25, 0.3) is 0 Å². The normalized spacial score (nSPS) is 15.8. The number of aromatic nitrogens is 1. The van der Waals surface area contributed by atoms with Gasteiger partial charge in [0.1, 0.15) is 18.4 Å². The summed E-state index contributed by atoms with van der Waals surface area (Å²) >= 11 is 0. The predicted molar refractivity (Wildman–Crippen MR) is 92.6 cm³/mol. The zero-order chi connectivity index (χ0) is 16.6. The summed E-state index contributed by atoms with van der Waals surface area (Å²) in [6, 6.07) is 15.6. The fraction of sp³-hybridized carbons (Fsp3) is 0.368. The van der Waals surface area contributed by atoms with Gasteiger partial charge in [-0.1, -0.05) is 18.2 Å². The minimum Gasteiger partial charge on any atom is -0.491 e. The average Bonchev–Trinajstić information content (AvgIpc) is 2.64. The lowest BCUT2D eigenvalue weighted by Gasteiger charge is -2.34. The van der Waals surface area contributed by atoms with E-state index in [-0.39, 0.29) is 0 Å². The SMILES string of the molecule is N#Cc1ccccc1OCCN1CCN(Cc2ccccn2)CC1. The highest BCUT2D eigenvalue weighted by atomic mass is 16.5. The molecule has 1 aliphatic rings. The first-order valence-electron chi connectivity index (χ1n) is 8.32. The second-order valence-corrected chi connectivity index (χ2v) is 5.90. The Bertz CT molecular complexity index is 675. The van der Waals surface area contributed by atoms with Crippen LogP contribution in [0.1, 0.15) is 11.3 Å². The van der Waals surface area contributed by atoms with Crippen LogP contribution in [0.5, 0.6) is 5.75 Å². The van der Waals surface area contributed by atoms with Gasteiger partial charge in [-0.2, -0.15) is 5.26 Å². The van der Waals surface area contributed by atoms with Gasteiger partial charge < -0.3 is 4.74 Å². The van der Waals surface area contributed by atoms with Crippen LogP contribution < -0.4 is 4.74 Å². The monoisotopic (exact) mass is 322 g/mol. The number of benzene rings is 1. The molecule has 0 unspecified atom stereocenters. The zero-order valence-electron chi connectivity index (χ0n) is 13.8. The van der Waals surface area contributed by atoms with Crippen molar-refractivity contribution in [1.29, 1.82) is 5.26 Å². The van der Waals surface area contributed by atoms with Crippen molar-refractivity contribution in [1.82, 2.24) is 14.8 Å². The van der Waals surface area contributed by atoms with Crippen molar-refractivity contribution in [2.24, 2.45) is 0 Å². The molecule has 0 saturated carbocycles. The van der Waals surface area contributed by atoms with Gasteiger partial charge in [-0.15, -0.1) is 0 Å². The highest BCUT2D eigenvalue weighted by Crippen LogP contribution is 2.16. The molecular formula is C19H22N4O. The van der Waals surface area contributed by atoms with Gasteiger partial charge in [-0.25, -0.2) is 0 Å². The van der Waals surface area contributed by atoms with E-state index < -0.39 is 0 Å². The standard InChI is InChI=1S/C19H22N4O/c20-15-17-5-1-2-7-19(17)24-14-13-22-9-11-23(12-10-22)16-18-6-3-4-8-21-18/h1-8H,9-14,16H2. The first kappa shape index (κ1) is 16.4. The van der Waals surface area contributed by atoms with Crippen LogP contribution in [-0.2, 0) is 6.54 Å². The highest BCUT2D eigenvalue weighted by Gasteiger charge is 2.17.